The predicted octanol–water partition coefficient (Wildman–Crippen LogP) is 0.661. The zero-order valence-electron chi connectivity index (χ0n) is 16.0. The first-order chi connectivity index (χ1) is 12.6. The van der Waals surface area contributed by atoms with Gasteiger partial charge in [-0.05, 0) is 45.2 Å². The number of sulfone groups is 2. The van der Waals surface area contributed by atoms with Crippen LogP contribution in [0.25, 0.3) is 0 Å². The molecule has 2 saturated heterocycles. The van der Waals surface area contributed by atoms with Crippen molar-refractivity contribution in [3.8, 4) is 5.75 Å². The Bertz CT molecular complexity index is 858. The average Bonchev–Trinajstić information content (AvgIpc) is 2.92. The summed E-state index contributed by atoms with van der Waals surface area (Å²) >= 11 is 0. The van der Waals surface area contributed by atoms with E-state index in [1.807, 2.05) is 25.8 Å². The molecule has 2 aliphatic heterocycles. The largest absolute Gasteiger partial charge is 0.491 e. The SMILES string of the molecule is CC(C)Oc1ccc(S(=O)(=O)[C@H]2CS(=O)(=O)C[C@@H]2N2CCN(C)CC2)cc1. The van der Waals surface area contributed by atoms with E-state index in [0.717, 1.165) is 13.1 Å². The molecule has 7 nitrogen and oxygen atoms in total. The fourth-order valence-corrected chi connectivity index (χ4v) is 8.57. The fraction of sp³-hybridized carbons (Fsp3) is 0.667. The predicted molar refractivity (Wildman–Crippen MR) is 105 cm³/mol. The Balaban J connectivity index is 1.86. The van der Waals surface area contributed by atoms with Crippen LogP contribution in [0.1, 0.15) is 13.8 Å². The first-order valence-electron chi connectivity index (χ1n) is 9.22. The molecule has 1 aromatic rings. The Hall–Kier alpha value is -1.16. The number of benzene rings is 1. The number of hydrogen-bond donors (Lipinski definition) is 0. The number of rotatable bonds is 5. The van der Waals surface area contributed by atoms with Crippen molar-refractivity contribution in [3.63, 3.8) is 0 Å². The van der Waals surface area contributed by atoms with E-state index in [1.165, 1.54) is 12.1 Å². The Kier molecular flexibility index (Phi) is 5.86. The normalized spacial score (nSPS) is 27.1. The highest BCUT2D eigenvalue weighted by Crippen LogP contribution is 2.30. The second kappa shape index (κ2) is 7.69. The quantitative estimate of drug-likeness (QED) is 0.697. The highest BCUT2D eigenvalue weighted by atomic mass is 32.2. The van der Waals surface area contributed by atoms with Crippen LogP contribution in [0.5, 0.6) is 5.75 Å². The Morgan fingerprint density at radius 2 is 1.63 bits per heavy atom. The van der Waals surface area contributed by atoms with Crippen molar-refractivity contribution in [1.29, 1.82) is 0 Å². The van der Waals surface area contributed by atoms with Crippen LogP contribution in [0.3, 0.4) is 0 Å². The molecule has 0 saturated carbocycles. The van der Waals surface area contributed by atoms with Crippen LogP contribution < -0.4 is 4.74 Å². The van der Waals surface area contributed by atoms with Gasteiger partial charge in [-0.1, -0.05) is 0 Å². The fourth-order valence-electron chi connectivity index (χ4n) is 3.74. The molecule has 0 aromatic heterocycles. The molecule has 0 radical (unpaired) electrons. The van der Waals surface area contributed by atoms with Gasteiger partial charge < -0.3 is 9.64 Å². The van der Waals surface area contributed by atoms with Crippen molar-refractivity contribution in [2.24, 2.45) is 0 Å². The minimum Gasteiger partial charge on any atom is -0.491 e. The molecular weight excluding hydrogens is 388 g/mol. The summed E-state index contributed by atoms with van der Waals surface area (Å²) in [5.74, 6) is 0.199. The molecule has 2 heterocycles. The van der Waals surface area contributed by atoms with Gasteiger partial charge in [0, 0.05) is 32.2 Å². The van der Waals surface area contributed by atoms with Gasteiger partial charge in [-0.25, -0.2) is 16.8 Å². The molecule has 0 bridgehead atoms. The van der Waals surface area contributed by atoms with Crippen LogP contribution in [-0.2, 0) is 19.7 Å². The molecule has 0 spiro atoms. The molecule has 9 heteroatoms. The van der Waals surface area contributed by atoms with Crippen molar-refractivity contribution in [1.82, 2.24) is 9.80 Å². The third-order valence-electron chi connectivity index (χ3n) is 5.20. The molecule has 0 N–H and O–H groups in total. The van der Waals surface area contributed by atoms with Crippen LogP contribution in [0.15, 0.2) is 29.2 Å². The minimum atomic E-state index is -3.76. The van der Waals surface area contributed by atoms with Crippen molar-refractivity contribution >= 4 is 19.7 Å². The van der Waals surface area contributed by atoms with Crippen molar-refractivity contribution in [3.05, 3.63) is 24.3 Å². The molecule has 2 atom stereocenters. The Morgan fingerprint density at radius 1 is 1.04 bits per heavy atom. The van der Waals surface area contributed by atoms with Crippen LogP contribution in [0.4, 0.5) is 0 Å². The maximum Gasteiger partial charge on any atom is 0.183 e. The molecule has 2 aliphatic rings. The van der Waals surface area contributed by atoms with E-state index in [2.05, 4.69) is 4.90 Å². The molecule has 0 amide bonds. The topological polar surface area (TPSA) is 84.0 Å². The van der Waals surface area contributed by atoms with Gasteiger partial charge in [0.05, 0.1) is 27.8 Å². The zero-order chi connectivity index (χ0) is 19.8. The van der Waals surface area contributed by atoms with E-state index in [9.17, 15) is 16.8 Å². The lowest BCUT2D eigenvalue weighted by Crippen LogP contribution is -2.54. The van der Waals surface area contributed by atoms with Crippen LogP contribution in [0, 0.1) is 0 Å². The summed E-state index contributed by atoms with van der Waals surface area (Å²) in [7, 11) is -5.13. The maximum atomic E-state index is 13.2. The number of hydrogen-bond acceptors (Lipinski definition) is 7. The molecule has 3 rings (SSSR count). The monoisotopic (exact) mass is 416 g/mol. The maximum absolute atomic E-state index is 13.2. The Morgan fingerprint density at radius 3 is 2.19 bits per heavy atom. The minimum absolute atomic E-state index is 0.00551. The lowest BCUT2D eigenvalue weighted by atomic mass is 10.2. The molecule has 27 heavy (non-hydrogen) atoms. The smallest absolute Gasteiger partial charge is 0.183 e. The Labute approximate surface area is 162 Å². The summed E-state index contributed by atoms with van der Waals surface area (Å²) < 4.78 is 56.6. The second-order valence-electron chi connectivity index (χ2n) is 7.70. The number of nitrogens with zero attached hydrogens (tertiary/aromatic N) is 2. The molecule has 0 unspecified atom stereocenters. The van der Waals surface area contributed by atoms with Crippen molar-refractivity contribution < 1.29 is 21.6 Å². The third-order valence-corrected chi connectivity index (χ3v) is 9.34. The van der Waals surface area contributed by atoms with E-state index < -0.39 is 31.0 Å². The summed E-state index contributed by atoms with van der Waals surface area (Å²) in [5.41, 5.74) is 0. The van der Waals surface area contributed by atoms with E-state index in [-0.39, 0.29) is 22.5 Å². The molecular formula is C18H28N2O5S2. The average molecular weight is 417 g/mol. The van der Waals surface area contributed by atoms with Crippen LogP contribution >= 0.6 is 0 Å². The van der Waals surface area contributed by atoms with E-state index in [1.54, 1.807) is 12.1 Å². The molecule has 2 fully saturated rings. The highest BCUT2D eigenvalue weighted by Gasteiger charge is 2.48. The number of piperazine rings is 1. The van der Waals surface area contributed by atoms with E-state index in [0.29, 0.717) is 18.8 Å². The second-order valence-corrected chi connectivity index (χ2v) is 12.0. The van der Waals surface area contributed by atoms with Gasteiger partial charge in [0.2, 0.25) is 0 Å². The number of ether oxygens (including phenoxy) is 1. The zero-order valence-corrected chi connectivity index (χ0v) is 17.7. The summed E-state index contributed by atoms with van der Waals surface area (Å²) in [6.45, 7) is 6.78. The van der Waals surface area contributed by atoms with E-state index >= 15 is 0 Å². The summed E-state index contributed by atoms with van der Waals surface area (Å²) in [6.07, 6.45) is -0.00551. The highest BCUT2D eigenvalue weighted by molar-refractivity contribution is 7.96. The van der Waals surface area contributed by atoms with Gasteiger partial charge in [0.25, 0.3) is 0 Å². The van der Waals surface area contributed by atoms with Gasteiger partial charge in [-0.2, -0.15) is 0 Å². The molecule has 152 valence electrons. The summed E-state index contributed by atoms with van der Waals surface area (Å²) in [6, 6.07) is 5.79. The van der Waals surface area contributed by atoms with Crippen molar-refractivity contribution in [2.75, 3.05) is 44.7 Å². The summed E-state index contributed by atoms with van der Waals surface area (Å²) in [4.78, 5) is 4.35. The van der Waals surface area contributed by atoms with Gasteiger partial charge in [0.1, 0.15) is 5.75 Å². The lowest BCUT2D eigenvalue weighted by Gasteiger charge is -2.37. The van der Waals surface area contributed by atoms with Crippen LogP contribution in [-0.4, -0.2) is 88.8 Å². The number of likely N-dealkylation sites (N-methyl/N-ethyl adjacent to an activating group) is 1. The standard InChI is InChI=1S/C18H28N2O5S2/c1-14(2)25-15-4-6-16(7-5-15)27(23,24)18-13-26(21,22)12-17(18)20-10-8-19(3)9-11-20/h4-7,14,17-18H,8-13H2,1-3H3/t17-,18-/m0/s1. The molecule has 0 aliphatic carbocycles. The van der Waals surface area contributed by atoms with Crippen LogP contribution in [0.2, 0.25) is 0 Å². The first kappa shape index (κ1) is 20.6. The van der Waals surface area contributed by atoms with Gasteiger partial charge in [-0.15, -0.1) is 0 Å². The third kappa shape index (κ3) is 4.64. The lowest BCUT2D eigenvalue weighted by molar-refractivity contribution is 0.122. The van der Waals surface area contributed by atoms with Gasteiger partial charge in [0.15, 0.2) is 19.7 Å². The van der Waals surface area contributed by atoms with Gasteiger partial charge >= 0.3 is 0 Å². The van der Waals surface area contributed by atoms with Crippen molar-refractivity contribution in [2.45, 2.75) is 36.1 Å². The van der Waals surface area contributed by atoms with Gasteiger partial charge in [-0.3, -0.25) is 4.90 Å². The molecule has 1 aromatic carbocycles. The summed E-state index contributed by atoms with van der Waals surface area (Å²) in [5, 5.41) is -0.928. The first-order valence-corrected chi connectivity index (χ1v) is 12.6. The van der Waals surface area contributed by atoms with E-state index in [4.69, 9.17) is 4.74 Å².